The highest BCUT2D eigenvalue weighted by atomic mass is 32.1. The van der Waals surface area contributed by atoms with E-state index in [1.54, 1.807) is 18.2 Å². The largest absolute Gasteiger partial charge is 0.402 e. The molecule has 136 valence electrons. The summed E-state index contributed by atoms with van der Waals surface area (Å²) in [5.41, 5.74) is 2.19. The lowest BCUT2D eigenvalue weighted by molar-refractivity contribution is 0.101. The molecule has 10 heteroatoms. The summed E-state index contributed by atoms with van der Waals surface area (Å²) in [6.45, 7) is 3.74. The number of nitrogens with zero attached hydrogens (tertiary/aromatic N) is 4. The number of benzene rings is 1. The zero-order valence-corrected chi connectivity index (χ0v) is 15.1. The fraction of sp³-hybridized carbons (Fsp3) is 0.118. The first kappa shape index (κ1) is 17.0. The van der Waals surface area contributed by atoms with Gasteiger partial charge in [-0.3, -0.25) is 15.2 Å². The van der Waals surface area contributed by atoms with E-state index in [0.29, 0.717) is 17.1 Å². The standard InChI is InChI=1S/C17H13FN6O2S/c1-8-14(27-9(2)19-8)16-23-24-17(26-16)20-15(25)13-7-12(21-22-13)10-3-5-11(18)6-4-10/h3-7H,1-2H3,(H,21,22)(H,20,24,25). The summed E-state index contributed by atoms with van der Waals surface area (Å²) in [7, 11) is 0. The Morgan fingerprint density at radius 2 is 2.00 bits per heavy atom. The lowest BCUT2D eigenvalue weighted by Crippen LogP contribution is -2.12. The molecule has 0 aliphatic carbocycles. The van der Waals surface area contributed by atoms with Gasteiger partial charge in [-0.15, -0.1) is 16.4 Å². The molecule has 0 atom stereocenters. The minimum Gasteiger partial charge on any atom is -0.402 e. The van der Waals surface area contributed by atoms with Gasteiger partial charge < -0.3 is 4.42 Å². The number of aryl methyl sites for hydroxylation is 2. The van der Waals surface area contributed by atoms with Crippen LogP contribution in [-0.2, 0) is 0 Å². The molecule has 27 heavy (non-hydrogen) atoms. The van der Waals surface area contributed by atoms with E-state index in [-0.39, 0.29) is 17.5 Å². The number of anilines is 1. The van der Waals surface area contributed by atoms with Gasteiger partial charge in [-0.1, -0.05) is 5.10 Å². The Morgan fingerprint density at radius 1 is 1.22 bits per heavy atom. The van der Waals surface area contributed by atoms with Crippen LogP contribution in [0.2, 0.25) is 0 Å². The Balaban J connectivity index is 1.50. The number of nitrogens with one attached hydrogen (secondary N) is 2. The maximum Gasteiger partial charge on any atom is 0.322 e. The summed E-state index contributed by atoms with van der Waals surface area (Å²) in [5, 5.41) is 17.9. The average Bonchev–Trinajstić information content (AvgIpc) is 3.35. The van der Waals surface area contributed by atoms with Crippen molar-refractivity contribution in [1.29, 1.82) is 0 Å². The molecule has 8 nitrogen and oxygen atoms in total. The van der Waals surface area contributed by atoms with Crippen molar-refractivity contribution < 1.29 is 13.6 Å². The number of thiazole rings is 1. The molecule has 0 spiro atoms. The third-order valence-corrected chi connectivity index (χ3v) is 4.77. The zero-order chi connectivity index (χ0) is 19.0. The first-order chi connectivity index (χ1) is 13.0. The Kier molecular flexibility index (Phi) is 4.24. The monoisotopic (exact) mass is 384 g/mol. The Bertz CT molecular complexity index is 1110. The van der Waals surface area contributed by atoms with E-state index in [1.807, 2.05) is 13.8 Å². The molecule has 1 amide bonds. The van der Waals surface area contributed by atoms with E-state index in [4.69, 9.17) is 4.42 Å². The highest BCUT2D eigenvalue weighted by Crippen LogP contribution is 2.29. The van der Waals surface area contributed by atoms with Crippen molar-refractivity contribution in [2.24, 2.45) is 0 Å². The van der Waals surface area contributed by atoms with Crippen LogP contribution in [0.15, 0.2) is 34.7 Å². The van der Waals surface area contributed by atoms with Crippen LogP contribution in [0, 0.1) is 19.7 Å². The van der Waals surface area contributed by atoms with Crippen molar-refractivity contribution in [3.63, 3.8) is 0 Å². The number of H-pyrrole nitrogens is 1. The Morgan fingerprint density at radius 3 is 2.70 bits per heavy atom. The van der Waals surface area contributed by atoms with Gasteiger partial charge in [-0.2, -0.15) is 5.10 Å². The predicted octanol–water partition coefficient (Wildman–Crippen LogP) is 3.59. The molecule has 1 aromatic carbocycles. The maximum absolute atomic E-state index is 13.0. The molecular weight excluding hydrogens is 371 g/mol. The average molecular weight is 384 g/mol. The van der Waals surface area contributed by atoms with Crippen molar-refractivity contribution in [2.45, 2.75) is 13.8 Å². The van der Waals surface area contributed by atoms with E-state index >= 15 is 0 Å². The van der Waals surface area contributed by atoms with E-state index < -0.39 is 5.91 Å². The number of hydrogen-bond donors (Lipinski definition) is 2. The third kappa shape index (κ3) is 3.47. The number of halogens is 1. The molecule has 0 fully saturated rings. The minimum absolute atomic E-state index is 0.0293. The number of amides is 1. The SMILES string of the molecule is Cc1nc(C)c(-c2nnc(NC(=O)c3cc(-c4ccc(F)cc4)n[nH]3)o2)s1. The molecule has 0 saturated carbocycles. The molecular formula is C17H13FN6O2S. The van der Waals surface area contributed by atoms with E-state index in [1.165, 1.54) is 23.5 Å². The molecule has 3 heterocycles. The number of aromatic amines is 1. The van der Waals surface area contributed by atoms with Gasteiger partial charge in [0.05, 0.1) is 16.4 Å². The maximum atomic E-state index is 13.0. The van der Waals surface area contributed by atoms with Gasteiger partial charge in [0, 0.05) is 5.56 Å². The molecule has 2 N–H and O–H groups in total. The van der Waals surface area contributed by atoms with Gasteiger partial charge >= 0.3 is 6.01 Å². The van der Waals surface area contributed by atoms with Crippen LogP contribution in [0.25, 0.3) is 22.0 Å². The summed E-state index contributed by atoms with van der Waals surface area (Å²) in [6, 6.07) is 7.34. The van der Waals surface area contributed by atoms with Crippen LogP contribution in [0.4, 0.5) is 10.4 Å². The second-order valence-corrected chi connectivity index (χ2v) is 6.89. The van der Waals surface area contributed by atoms with Crippen molar-refractivity contribution in [2.75, 3.05) is 5.32 Å². The molecule has 3 aromatic heterocycles. The number of hydrogen-bond acceptors (Lipinski definition) is 7. The fourth-order valence-corrected chi connectivity index (χ4v) is 3.31. The number of aromatic nitrogens is 5. The van der Waals surface area contributed by atoms with Gasteiger partial charge in [-0.25, -0.2) is 9.37 Å². The quantitative estimate of drug-likeness (QED) is 0.556. The molecule has 4 rings (SSSR count). The summed E-state index contributed by atoms with van der Waals surface area (Å²) in [6.07, 6.45) is 0. The topological polar surface area (TPSA) is 110 Å². The van der Waals surface area contributed by atoms with Crippen LogP contribution < -0.4 is 5.32 Å². The lowest BCUT2D eigenvalue weighted by atomic mass is 10.1. The highest BCUT2D eigenvalue weighted by Gasteiger charge is 2.18. The first-order valence-corrected chi connectivity index (χ1v) is 8.72. The normalized spacial score (nSPS) is 10.9. The molecule has 0 bridgehead atoms. The number of carbonyl (C=O) groups excluding carboxylic acids is 1. The summed E-state index contributed by atoms with van der Waals surface area (Å²) < 4.78 is 18.5. The summed E-state index contributed by atoms with van der Waals surface area (Å²) in [5.74, 6) is -0.529. The molecule has 0 aliphatic rings. The van der Waals surface area contributed by atoms with Crippen LogP contribution >= 0.6 is 11.3 Å². The van der Waals surface area contributed by atoms with Crippen LogP contribution in [-0.4, -0.2) is 31.3 Å². The fourth-order valence-electron chi connectivity index (χ4n) is 2.47. The molecule has 0 radical (unpaired) electrons. The summed E-state index contributed by atoms with van der Waals surface area (Å²) in [4.78, 5) is 17.4. The third-order valence-electron chi connectivity index (χ3n) is 3.71. The van der Waals surface area contributed by atoms with Crippen molar-refractivity contribution in [3.05, 3.63) is 52.5 Å². The second kappa shape index (κ2) is 6.72. The smallest absolute Gasteiger partial charge is 0.322 e. The molecule has 0 unspecified atom stereocenters. The lowest BCUT2D eigenvalue weighted by Gasteiger charge is -1.96. The van der Waals surface area contributed by atoms with Gasteiger partial charge in [0.25, 0.3) is 11.8 Å². The van der Waals surface area contributed by atoms with Crippen molar-refractivity contribution in [3.8, 4) is 22.0 Å². The van der Waals surface area contributed by atoms with Crippen LogP contribution in [0.3, 0.4) is 0 Å². The van der Waals surface area contributed by atoms with Gasteiger partial charge in [0.1, 0.15) is 16.4 Å². The van der Waals surface area contributed by atoms with E-state index in [0.717, 1.165) is 15.6 Å². The zero-order valence-electron chi connectivity index (χ0n) is 14.3. The van der Waals surface area contributed by atoms with Crippen LogP contribution in [0.5, 0.6) is 0 Å². The van der Waals surface area contributed by atoms with Crippen molar-refractivity contribution >= 4 is 23.3 Å². The second-order valence-electron chi connectivity index (χ2n) is 5.69. The minimum atomic E-state index is -0.483. The van der Waals surface area contributed by atoms with Crippen molar-refractivity contribution in [1.82, 2.24) is 25.4 Å². The van der Waals surface area contributed by atoms with E-state index in [9.17, 15) is 9.18 Å². The van der Waals surface area contributed by atoms with E-state index in [2.05, 4.69) is 30.7 Å². The highest BCUT2D eigenvalue weighted by molar-refractivity contribution is 7.15. The Hall–Kier alpha value is -3.40. The van der Waals surface area contributed by atoms with Gasteiger partial charge in [0.2, 0.25) is 0 Å². The number of rotatable bonds is 4. The summed E-state index contributed by atoms with van der Waals surface area (Å²) >= 11 is 1.44. The first-order valence-electron chi connectivity index (χ1n) is 7.90. The van der Waals surface area contributed by atoms with Gasteiger partial charge in [0.15, 0.2) is 0 Å². The predicted molar refractivity (Wildman–Crippen MR) is 96.8 cm³/mol. The molecule has 0 aliphatic heterocycles. The Labute approximate surface area is 156 Å². The number of carbonyl (C=O) groups is 1. The van der Waals surface area contributed by atoms with Crippen LogP contribution in [0.1, 0.15) is 21.2 Å². The molecule has 4 aromatic rings. The molecule has 0 saturated heterocycles. The van der Waals surface area contributed by atoms with Gasteiger partial charge in [-0.05, 0) is 44.2 Å².